The first-order valence-corrected chi connectivity index (χ1v) is 12.5. The Morgan fingerprint density at radius 2 is 1.62 bits per heavy atom. The molecule has 0 aromatic rings. The van der Waals surface area contributed by atoms with Gasteiger partial charge >= 0.3 is 6.09 Å². The van der Waals surface area contributed by atoms with Gasteiger partial charge in [0.15, 0.2) is 0 Å². The van der Waals surface area contributed by atoms with Crippen molar-refractivity contribution < 1.29 is 14.3 Å². The normalized spacial score (nSPS) is 28.0. The summed E-state index contributed by atoms with van der Waals surface area (Å²) in [5.41, 5.74) is -0.163. The zero-order valence-electron chi connectivity index (χ0n) is 21.5. The molecule has 0 unspecified atom stereocenters. The summed E-state index contributed by atoms with van der Waals surface area (Å²) in [6, 6.07) is 0.442. The van der Waals surface area contributed by atoms with E-state index in [9.17, 15) is 9.59 Å². The van der Waals surface area contributed by atoms with Crippen LogP contribution in [0.4, 0.5) is 4.79 Å². The van der Waals surface area contributed by atoms with Gasteiger partial charge in [0.05, 0.1) is 6.04 Å². The molecule has 2 heterocycles. The van der Waals surface area contributed by atoms with Crippen molar-refractivity contribution in [3.05, 3.63) is 0 Å². The van der Waals surface area contributed by atoms with E-state index in [2.05, 4.69) is 35.6 Å². The van der Waals surface area contributed by atoms with Crippen LogP contribution in [0.25, 0.3) is 0 Å². The molecule has 2 saturated heterocycles. The summed E-state index contributed by atoms with van der Waals surface area (Å²) in [5.74, 6) is 0.143. The first-order valence-electron chi connectivity index (χ1n) is 12.5. The van der Waals surface area contributed by atoms with Gasteiger partial charge in [-0.2, -0.15) is 0 Å². The monoisotopic (exact) mass is 450 g/mol. The van der Waals surface area contributed by atoms with Gasteiger partial charge in [-0.3, -0.25) is 9.69 Å². The number of rotatable bonds is 4. The van der Waals surface area contributed by atoms with E-state index in [1.807, 2.05) is 25.7 Å². The second-order valence-corrected chi connectivity index (χ2v) is 12.1. The Morgan fingerprint density at radius 1 is 1.03 bits per heavy atom. The van der Waals surface area contributed by atoms with E-state index in [0.29, 0.717) is 12.0 Å². The van der Waals surface area contributed by atoms with E-state index in [1.165, 1.54) is 0 Å². The first kappa shape index (κ1) is 25.3. The first-order chi connectivity index (χ1) is 14.8. The average molecular weight is 451 g/mol. The van der Waals surface area contributed by atoms with E-state index >= 15 is 0 Å². The maximum atomic E-state index is 13.1. The zero-order valence-corrected chi connectivity index (χ0v) is 21.5. The highest BCUT2D eigenvalue weighted by Crippen LogP contribution is 2.39. The fraction of sp³-hybridized carbons (Fsp3) is 0.920. The predicted molar refractivity (Wildman–Crippen MR) is 128 cm³/mol. The molecule has 1 aliphatic carbocycles. The van der Waals surface area contributed by atoms with Crippen molar-refractivity contribution in [1.82, 2.24) is 19.6 Å². The number of nitrogens with zero attached hydrogens (tertiary/aromatic N) is 4. The van der Waals surface area contributed by atoms with E-state index in [4.69, 9.17) is 4.74 Å². The average Bonchev–Trinajstić information content (AvgIpc) is 3.07. The summed E-state index contributed by atoms with van der Waals surface area (Å²) in [4.78, 5) is 34.8. The van der Waals surface area contributed by atoms with Gasteiger partial charge in [-0.25, -0.2) is 4.79 Å². The smallest absolute Gasteiger partial charge is 0.410 e. The molecule has 3 fully saturated rings. The lowest BCUT2D eigenvalue weighted by atomic mass is 9.75. The molecule has 2 amide bonds. The molecule has 3 rings (SSSR count). The number of likely N-dealkylation sites (tertiary alicyclic amines) is 1. The topological polar surface area (TPSA) is 56.3 Å². The number of amides is 2. The largest absolute Gasteiger partial charge is 0.444 e. The Balaban J connectivity index is 1.74. The summed E-state index contributed by atoms with van der Waals surface area (Å²) in [6.45, 7) is 17.7. The van der Waals surface area contributed by atoms with Crippen molar-refractivity contribution in [2.75, 3.05) is 46.3 Å². The molecule has 0 spiro atoms. The van der Waals surface area contributed by atoms with Crippen LogP contribution >= 0.6 is 0 Å². The highest BCUT2D eigenvalue weighted by atomic mass is 16.6. The van der Waals surface area contributed by atoms with Crippen molar-refractivity contribution in [1.29, 1.82) is 0 Å². The number of carbonyl (C=O) groups excluding carboxylic acids is 2. The minimum absolute atomic E-state index is 0.0729. The van der Waals surface area contributed by atoms with Gasteiger partial charge in [0.2, 0.25) is 5.91 Å². The molecular formula is C25H46N4O3. The Morgan fingerprint density at radius 3 is 2.16 bits per heavy atom. The van der Waals surface area contributed by atoms with Gasteiger partial charge in [0.25, 0.3) is 0 Å². The molecule has 1 saturated carbocycles. The number of carbonyl (C=O) groups is 2. The lowest BCUT2D eigenvalue weighted by Crippen LogP contribution is -2.50. The zero-order chi connectivity index (χ0) is 23.7. The van der Waals surface area contributed by atoms with Crippen LogP contribution in [0, 0.1) is 5.41 Å². The quantitative estimate of drug-likeness (QED) is 0.657. The van der Waals surface area contributed by atoms with Crippen molar-refractivity contribution in [3.63, 3.8) is 0 Å². The summed E-state index contributed by atoms with van der Waals surface area (Å²) < 4.78 is 5.78. The maximum Gasteiger partial charge on any atom is 0.410 e. The highest BCUT2D eigenvalue weighted by molar-refractivity contribution is 5.75. The van der Waals surface area contributed by atoms with Gasteiger partial charge in [-0.15, -0.1) is 0 Å². The van der Waals surface area contributed by atoms with Crippen molar-refractivity contribution >= 4 is 12.0 Å². The highest BCUT2D eigenvalue weighted by Gasteiger charge is 2.44. The fourth-order valence-corrected chi connectivity index (χ4v) is 5.61. The molecule has 7 heteroatoms. The Labute approximate surface area is 195 Å². The second kappa shape index (κ2) is 9.88. The van der Waals surface area contributed by atoms with Crippen LogP contribution in [0.5, 0.6) is 0 Å². The molecular weight excluding hydrogens is 404 g/mol. The van der Waals surface area contributed by atoms with E-state index in [-0.39, 0.29) is 30.1 Å². The molecule has 0 aromatic carbocycles. The molecule has 2 aliphatic heterocycles. The van der Waals surface area contributed by atoms with E-state index in [0.717, 1.165) is 64.8 Å². The fourth-order valence-electron chi connectivity index (χ4n) is 5.61. The van der Waals surface area contributed by atoms with E-state index < -0.39 is 5.60 Å². The van der Waals surface area contributed by atoms with Gasteiger partial charge in [-0.1, -0.05) is 13.8 Å². The standard InChI is InChI=1S/C25H46N4O3/c1-19(30)29(20-8-10-25(5,6)11-9-20)22-16-21(17-27-14-12-26(7)13-15-27)28(18-22)23(31)32-24(2,3)4/h20-22H,8-18H2,1-7H3/t21-,22-/m0/s1. The van der Waals surface area contributed by atoms with Crippen LogP contribution in [0.15, 0.2) is 0 Å². The second-order valence-electron chi connectivity index (χ2n) is 12.1. The Kier molecular flexibility index (Phi) is 7.81. The molecule has 0 aromatic heterocycles. The van der Waals surface area contributed by atoms with Crippen molar-refractivity contribution in [2.24, 2.45) is 5.41 Å². The van der Waals surface area contributed by atoms with Gasteiger partial charge in [-0.05, 0) is 65.3 Å². The van der Waals surface area contributed by atoms with Crippen LogP contribution in [-0.4, -0.2) is 102 Å². The van der Waals surface area contributed by atoms with Gasteiger partial charge in [0, 0.05) is 58.3 Å². The van der Waals surface area contributed by atoms with Crippen LogP contribution in [-0.2, 0) is 9.53 Å². The minimum atomic E-state index is -0.525. The number of hydrogen-bond acceptors (Lipinski definition) is 5. The van der Waals surface area contributed by atoms with Crippen molar-refractivity contribution in [3.8, 4) is 0 Å². The van der Waals surface area contributed by atoms with Gasteiger partial charge in [0.1, 0.15) is 5.60 Å². The SMILES string of the molecule is CC(=O)N(C1CCC(C)(C)CC1)[C@H]1C[C@@H](CN2CCN(C)CC2)N(C(=O)OC(C)(C)C)C1. The van der Waals surface area contributed by atoms with E-state index in [1.54, 1.807) is 6.92 Å². The molecule has 0 radical (unpaired) electrons. The Bertz CT molecular complexity index is 657. The summed E-state index contributed by atoms with van der Waals surface area (Å²) in [6.07, 6.45) is 5.00. The third kappa shape index (κ3) is 6.60. The lowest BCUT2D eigenvalue weighted by molar-refractivity contribution is -0.135. The number of piperazine rings is 1. The molecule has 0 bridgehead atoms. The molecule has 184 valence electrons. The molecule has 7 nitrogen and oxygen atoms in total. The lowest BCUT2D eigenvalue weighted by Gasteiger charge is -2.42. The number of ether oxygens (including phenoxy) is 1. The third-order valence-electron chi connectivity index (χ3n) is 7.54. The molecule has 0 N–H and O–H groups in total. The summed E-state index contributed by atoms with van der Waals surface area (Å²) in [7, 11) is 2.16. The van der Waals surface area contributed by atoms with Crippen LogP contribution < -0.4 is 0 Å². The minimum Gasteiger partial charge on any atom is -0.444 e. The van der Waals surface area contributed by atoms with Gasteiger partial charge < -0.3 is 19.4 Å². The van der Waals surface area contributed by atoms with Crippen molar-refractivity contribution in [2.45, 2.75) is 97.4 Å². The Hall–Kier alpha value is -1.34. The number of likely N-dealkylation sites (N-methyl/N-ethyl adjacent to an activating group) is 1. The summed E-state index contributed by atoms with van der Waals surface area (Å²) >= 11 is 0. The third-order valence-corrected chi connectivity index (χ3v) is 7.54. The molecule has 3 aliphatic rings. The predicted octanol–water partition coefficient (Wildman–Crippen LogP) is 3.43. The van der Waals surface area contributed by atoms with Crippen LogP contribution in [0.3, 0.4) is 0 Å². The van der Waals surface area contributed by atoms with Crippen LogP contribution in [0.2, 0.25) is 0 Å². The molecule has 2 atom stereocenters. The summed E-state index contributed by atoms with van der Waals surface area (Å²) in [5, 5.41) is 0. The van der Waals surface area contributed by atoms with Crippen LogP contribution in [0.1, 0.15) is 73.6 Å². The molecule has 32 heavy (non-hydrogen) atoms. The number of hydrogen-bond donors (Lipinski definition) is 0. The maximum absolute atomic E-state index is 13.1.